The van der Waals surface area contributed by atoms with E-state index < -0.39 is 31.9 Å². The topological polar surface area (TPSA) is 0 Å². The zero-order valence-corrected chi connectivity index (χ0v) is 8.58. The van der Waals surface area contributed by atoms with Crippen LogP contribution < -0.4 is 0 Å². The van der Waals surface area contributed by atoms with Gasteiger partial charge in [0.1, 0.15) is 0 Å². The average molecular weight is 280 g/mol. The zero-order chi connectivity index (χ0) is 8.48. The Morgan fingerprint density at radius 2 is 1.91 bits per heavy atom. The number of hydrogen-bond donors (Lipinski definition) is 0. The molecule has 1 aliphatic rings. The molecule has 1 rings (SSSR count). The summed E-state index contributed by atoms with van der Waals surface area (Å²) in [6.45, 7) is 1.64. The van der Waals surface area contributed by atoms with Crippen molar-refractivity contribution >= 4 is 19.8 Å². The second kappa shape index (κ2) is 3.49. The van der Waals surface area contributed by atoms with E-state index in [1.165, 1.54) is 0 Å². The van der Waals surface area contributed by atoms with Crippen molar-refractivity contribution in [3.8, 4) is 0 Å². The molecule has 0 aromatic rings. The fourth-order valence-corrected chi connectivity index (χ4v) is 6.63. The molecule has 0 aliphatic carbocycles. The summed E-state index contributed by atoms with van der Waals surface area (Å²) in [5, 5.41) is 0. The van der Waals surface area contributed by atoms with Gasteiger partial charge in [0.2, 0.25) is 0 Å². The Kier molecular flexibility index (Phi) is 3.05. The van der Waals surface area contributed by atoms with Crippen molar-refractivity contribution in [2.24, 2.45) is 5.92 Å². The SMILES string of the molecule is CCC(CI1CC1)C(F)(F)F. The molecule has 1 unspecified atom stereocenters. The Bertz CT molecular complexity index is 128. The van der Waals surface area contributed by atoms with Crippen molar-refractivity contribution in [2.45, 2.75) is 19.5 Å². The van der Waals surface area contributed by atoms with Crippen LogP contribution in [0.2, 0.25) is 0 Å². The van der Waals surface area contributed by atoms with Crippen LogP contribution in [0.25, 0.3) is 0 Å². The van der Waals surface area contributed by atoms with Gasteiger partial charge in [0.05, 0.1) is 0 Å². The van der Waals surface area contributed by atoms with Crippen molar-refractivity contribution in [2.75, 3.05) is 13.3 Å². The molecular formula is C7H12F3I. The Hall–Kier alpha value is 0.520. The van der Waals surface area contributed by atoms with Gasteiger partial charge in [-0.05, 0) is 0 Å². The summed E-state index contributed by atoms with van der Waals surface area (Å²) in [5.41, 5.74) is 0. The van der Waals surface area contributed by atoms with Crippen molar-refractivity contribution in [3.05, 3.63) is 0 Å². The van der Waals surface area contributed by atoms with Gasteiger partial charge in [-0.2, -0.15) is 0 Å². The summed E-state index contributed by atoms with van der Waals surface area (Å²) < 4.78 is 39.2. The first-order valence-corrected chi connectivity index (χ1v) is 8.26. The van der Waals surface area contributed by atoms with Gasteiger partial charge in [0.15, 0.2) is 0 Å². The van der Waals surface area contributed by atoms with Crippen molar-refractivity contribution in [1.29, 1.82) is 0 Å². The van der Waals surface area contributed by atoms with Gasteiger partial charge >= 0.3 is 71.7 Å². The maximum absolute atomic E-state index is 12.1. The van der Waals surface area contributed by atoms with E-state index in [0.29, 0.717) is 4.43 Å². The van der Waals surface area contributed by atoms with Gasteiger partial charge in [0.25, 0.3) is 0 Å². The molecule has 1 saturated heterocycles. The van der Waals surface area contributed by atoms with Crippen LogP contribution in [0.3, 0.4) is 0 Å². The van der Waals surface area contributed by atoms with Gasteiger partial charge in [0, 0.05) is 0 Å². The molecule has 11 heavy (non-hydrogen) atoms. The summed E-state index contributed by atoms with van der Waals surface area (Å²) in [7, 11) is 0. The number of alkyl halides is 6. The Morgan fingerprint density at radius 1 is 1.36 bits per heavy atom. The summed E-state index contributed by atoms with van der Waals surface area (Å²) in [6, 6.07) is 0. The number of rotatable bonds is 3. The fraction of sp³-hybridized carbons (Fsp3) is 1.00. The van der Waals surface area contributed by atoms with Crippen LogP contribution in [-0.2, 0) is 0 Å². The van der Waals surface area contributed by atoms with E-state index in [9.17, 15) is 13.2 Å². The first kappa shape index (κ1) is 9.61. The average Bonchev–Trinajstić information content (AvgIpc) is 2.62. The van der Waals surface area contributed by atoms with Crippen LogP contribution in [0.4, 0.5) is 13.2 Å². The van der Waals surface area contributed by atoms with E-state index in [1.54, 1.807) is 6.92 Å². The molecule has 0 nitrogen and oxygen atoms in total. The molecular weight excluding hydrogens is 268 g/mol. The molecule has 1 atom stereocenters. The Labute approximate surface area is 71.9 Å². The zero-order valence-electron chi connectivity index (χ0n) is 6.42. The predicted molar refractivity (Wildman–Crippen MR) is 48.5 cm³/mol. The molecule has 0 amide bonds. The van der Waals surface area contributed by atoms with E-state index >= 15 is 0 Å². The summed E-state index contributed by atoms with van der Waals surface area (Å²) in [6.07, 6.45) is -3.65. The molecule has 0 radical (unpaired) electrons. The standard InChI is InChI=1S/C7H12F3I/c1-2-6(7(8,9)10)5-11-3-4-11/h6H,2-5H2,1H3. The molecule has 1 fully saturated rings. The molecule has 0 saturated carbocycles. The maximum atomic E-state index is 12.1. The Morgan fingerprint density at radius 3 is 2.18 bits per heavy atom. The molecule has 0 aromatic heterocycles. The third-order valence-electron chi connectivity index (χ3n) is 1.82. The van der Waals surface area contributed by atoms with Crippen LogP contribution in [0.15, 0.2) is 0 Å². The minimum absolute atomic E-state index is 0.275. The molecule has 1 heterocycles. The van der Waals surface area contributed by atoms with Gasteiger partial charge in [-0.25, -0.2) is 0 Å². The predicted octanol–water partition coefficient (Wildman–Crippen LogP) is 3.09. The van der Waals surface area contributed by atoms with E-state index in [0.717, 1.165) is 8.86 Å². The van der Waals surface area contributed by atoms with Gasteiger partial charge < -0.3 is 0 Å². The number of halogens is 4. The van der Waals surface area contributed by atoms with E-state index in [-0.39, 0.29) is 6.42 Å². The molecule has 1 aliphatic heterocycles. The molecule has 0 bridgehead atoms. The molecule has 0 aromatic carbocycles. The van der Waals surface area contributed by atoms with Crippen LogP contribution in [0, 0.1) is 5.92 Å². The fourth-order valence-electron chi connectivity index (χ4n) is 0.896. The first-order chi connectivity index (χ1) is 5.04. The minimum atomic E-state index is -3.92. The molecule has 0 N–H and O–H groups in total. The van der Waals surface area contributed by atoms with Gasteiger partial charge in [-0.15, -0.1) is 0 Å². The second-order valence-electron chi connectivity index (χ2n) is 2.75. The molecule has 68 valence electrons. The van der Waals surface area contributed by atoms with Crippen molar-refractivity contribution in [1.82, 2.24) is 0 Å². The van der Waals surface area contributed by atoms with Crippen molar-refractivity contribution in [3.63, 3.8) is 0 Å². The summed E-state index contributed by atoms with van der Waals surface area (Å²) in [4.78, 5) is 0. The van der Waals surface area contributed by atoms with Gasteiger partial charge in [-0.3, -0.25) is 0 Å². The van der Waals surface area contributed by atoms with E-state index in [1.807, 2.05) is 0 Å². The number of hydrogen-bond acceptors (Lipinski definition) is 0. The Balaban J connectivity index is 2.34. The van der Waals surface area contributed by atoms with Gasteiger partial charge in [-0.1, -0.05) is 0 Å². The molecule has 4 heteroatoms. The third-order valence-corrected chi connectivity index (χ3v) is 6.73. The monoisotopic (exact) mass is 280 g/mol. The van der Waals surface area contributed by atoms with Crippen LogP contribution >= 0.6 is 19.8 Å². The quantitative estimate of drug-likeness (QED) is 0.550. The van der Waals surface area contributed by atoms with Crippen molar-refractivity contribution < 1.29 is 13.2 Å². The second-order valence-corrected chi connectivity index (χ2v) is 9.02. The van der Waals surface area contributed by atoms with Crippen LogP contribution in [-0.4, -0.2) is 19.5 Å². The third kappa shape index (κ3) is 3.17. The van der Waals surface area contributed by atoms with E-state index in [2.05, 4.69) is 0 Å². The van der Waals surface area contributed by atoms with E-state index in [4.69, 9.17) is 0 Å². The summed E-state index contributed by atoms with van der Waals surface area (Å²) in [5.74, 6) is -0.977. The van der Waals surface area contributed by atoms with Crippen LogP contribution in [0.5, 0.6) is 0 Å². The summed E-state index contributed by atoms with van der Waals surface area (Å²) >= 11 is -0.968. The van der Waals surface area contributed by atoms with Crippen LogP contribution in [0.1, 0.15) is 13.3 Å². The normalized spacial score (nSPS) is 23.5. The first-order valence-electron chi connectivity index (χ1n) is 3.68. The molecule has 0 spiro atoms.